The molecule has 2 aromatic carbocycles. The lowest BCUT2D eigenvalue weighted by Gasteiger charge is -2.12. The molecule has 1 aromatic heterocycles. The van der Waals surface area contributed by atoms with Gasteiger partial charge in [-0.1, -0.05) is 42.1 Å². The van der Waals surface area contributed by atoms with E-state index in [4.69, 9.17) is 10.00 Å². The van der Waals surface area contributed by atoms with Gasteiger partial charge in [0.25, 0.3) is 0 Å². The molecule has 0 radical (unpaired) electrons. The zero-order chi connectivity index (χ0) is 18.4. The molecule has 3 rings (SSSR count). The predicted octanol–water partition coefficient (Wildman–Crippen LogP) is 2.89. The third kappa shape index (κ3) is 4.42. The van der Waals surface area contributed by atoms with Crippen molar-refractivity contribution in [2.45, 2.75) is 11.3 Å². The number of aromatic nitrogens is 3. The van der Waals surface area contributed by atoms with Crippen LogP contribution in [0, 0.1) is 11.3 Å². The summed E-state index contributed by atoms with van der Waals surface area (Å²) in [6.45, 7) is 0.169. The molecular weight excluding hydrogens is 348 g/mol. The predicted molar refractivity (Wildman–Crippen MR) is 99.8 cm³/mol. The van der Waals surface area contributed by atoms with E-state index in [9.17, 15) is 5.11 Å². The summed E-state index contributed by atoms with van der Waals surface area (Å²) < 4.78 is 7.46. The van der Waals surface area contributed by atoms with Crippen molar-refractivity contribution in [2.24, 2.45) is 7.05 Å². The van der Waals surface area contributed by atoms with Crippen LogP contribution in [0.4, 0.5) is 0 Å². The lowest BCUT2D eigenvalue weighted by Crippen LogP contribution is -2.20. The van der Waals surface area contributed by atoms with Gasteiger partial charge in [0.2, 0.25) is 0 Å². The summed E-state index contributed by atoms with van der Waals surface area (Å²) in [6, 6.07) is 18.7. The summed E-state index contributed by atoms with van der Waals surface area (Å²) in [5, 5.41) is 28.1. The SMILES string of the molecule is Cn1c(SC[C@H](O)COc2ccc(C#N)cc2)nnc1-c1ccccc1. The van der Waals surface area contributed by atoms with E-state index >= 15 is 0 Å². The molecule has 0 saturated heterocycles. The van der Waals surface area contributed by atoms with Gasteiger partial charge in [-0.2, -0.15) is 5.26 Å². The van der Waals surface area contributed by atoms with Crippen molar-refractivity contribution in [1.29, 1.82) is 5.26 Å². The molecule has 0 bridgehead atoms. The molecule has 26 heavy (non-hydrogen) atoms. The van der Waals surface area contributed by atoms with Crippen LogP contribution in [0.15, 0.2) is 59.8 Å². The maximum Gasteiger partial charge on any atom is 0.191 e. The average Bonchev–Trinajstić information content (AvgIpc) is 3.06. The van der Waals surface area contributed by atoms with E-state index in [-0.39, 0.29) is 6.61 Å². The molecule has 0 fully saturated rings. The zero-order valence-corrected chi connectivity index (χ0v) is 15.1. The molecule has 0 aliphatic rings. The van der Waals surface area contributed by atoms with Gasteiger partial charge in [-0.3, -0.25) is 0 Å². The Kier molecular flexibility index (Phi) is 5.89. The Labute approximate surface area is 156 Å². The van der Waals surface area contributed by atoms with Gasteiger partial charge >= 0.3 is 0 Å². The van der Waals surface area contributed by atoms with Crippen LogP contribution < -0.4 is 4.74 Å². The van der Waals surface area contributed by atoms with Gasteiger partial charge in [0.05, 0.1) is 17.7 Å². The quantitative estimate of drug-likeness (QED) is 0.647. The standard InChI is InChI=1S/C19H18N4O2S/c1-23-18(15-5-3-2-4-6-15)21-22-19(23)26-13-16(24)12-25-17-9-7-14(11-20)8-10-17/h2-10,16,24H,12-13H2,1H3/t16-/m1/s1. The van der Waals surface area contributed by atoms with E-state index < -0.39 is 6.10 Å². The molecule has 1 atom stereocenters. The lowest BCUT2D eigenvalue weighted by molar-refractivity contribution is 0.126. The maximum absolute atomic E-state index is 10.1. The van der Waals surface area contributed by atoms with E-state index in [1.165, 1.54) is 11.8 Å². The number of rotatable bonds is 7. The van der Waals surface area contributed by atoms with Gasteiger partial charge in [-0.15, -0.1) is 10.2 Å². The number of benzene rings is 2. The Bertz CT molecular complexity index is 888. The molecular formula is C19H18N4O2S. The molecule has 1 heterocycles. The molecule has 6 nitrogen and oxygen atoms in total. The Morgan fingerprint density at radius 2 is 1.88 bits per heavy atom. The van der Waals surface area contributed by atoms with Crippen molar-refractivity contribution in [3.05, 3.63) is 60.2 Å². The molecule has 0 aliphatic heterocycles. The molecule has 3 aromatic rings. The number of hydrogen-bond donors (Lipinski definition) is 1. The van der Waals surface area contributed by atoms with Crippen molar-refractivity contribution in [2.75, 3.05) is 12.4 Å². The van der Waals surface area contributed by atoms with Crippen LogP contribution in [-0.2, 0) is 7.05 Å². The Hall–Kier alpha value is -2.82. The van der Waals surface area contributed by atoms with Gasteiger partial charge in [0.1, 0.15) is 12.4 Å². The number of nitrogens with zero attached hydrogens (tertiary/aromatic N) is 4. The minimum absolute atomic E-state index is 0.169. The third-order valence-electron chi connectivity index (χ3n) is 3.70. The largest absolute Gasteiger partial charge is 0.491 e. The van der Waals surface area contributed by atoms with E-state index in [1.54, 1.807) is 24.3 Å². The van der Waals surface area contributed by atoms with Crippen LogP contribution in [0.25, 0.3) is 11.4 Å². The van der Waals surface area contributed by atoms with Crippen LogP contribution >= 0.6 is 11.8 Å². The highest BCUT2D eigenvalue weighted by Gasteiger charge is 2.13. The Morgan fingerprint density at radius 3 is 2.58 bits per heavy atom. The number of hydrogen-bond acceptors (Lipinski definition) is 6. The van der Waals surface area contributed by atoms with Crippen molar-refractivity contribution in [1.82, 2.24) is 14.8 Å². The number of nitriles is 1. The van der Waals surface area contributed by atoms with E-state index in [0.29, 0.717) is 17.1 Å². The molecule has 132 valence electrons. The zero-order valence-electron chi connectivity index (χ0n) is 14.2. The van der Waals surface area contributed by atoms with Crippen molar-refractivity contribution >= 4 is 11.8 Å². The number of thioether (sulfide) groups is 1. The first kappa shape index (κ1) is 18.0. The lowest BCUT2D eigenvalue weighted by atomic mass is 10.2. The molecule has 7 heteroatoms. The van der Waals surface area contributed by atoms with Crippen LogP contribution in [0.2, 0.25) is 0 Å². The molecule has 0 amide bonds. The van der Waals surface area contributed by atoms with Crippen molar-refractivity contribution < 1.29 is 9.84 Å². The summed E-state index contributed by atoms with van der Waals surface area (Å²) in [6.07, 6.45) is -0.646. The second-order valence-corrected chi connectivity index (χ2v) is 6.63. The molecule has 0 aliphatic carbocycles. The minimum Gasteiger partial charge on any atom is -0.491 e. The third-order valence-corrected chi connectivity index (χ3v) is 4.86. The normalized spacial score (nSPS) is 11.7. The average molecular weight is 366 g/mol. The van der Waals surface area contributed by atoms with Crippen LogP contribution in [-0.4, -0.2) is 38.3 Å². The smallest absolute Gasteiger partial charge is 0.191 e. The first-order valence-corrected chi connectivity index (χ1v) is 9.04. The minimum atomic E-state index is -0.646. The topological polar surface area (TPSA) is 84.0 Å². The van der Waals surface area contributed by atoms with Crippen LogP contribution in [0.1, 0.15) is 5.56 Å². The Morgan fingerprint density at radius 1 is 1.15 bits per heavy atom. The monoisotopic (exact) mass is 366 g/mol. The Balaban J connectivity index is 1.52. The molecule has 0 saturated carbocycles. The highest BCUT2D eigenvalue weighted by atomic mass is 32.2. The molecule has 0 spiro atoms. The summed E-state index contributed by atoms with van der Waals surface area (Å²) >= 11 is 1.43. The van der Waals surface area contributed by atoms with E-state index in [0.717, 1.165) is 16.5 Å². The highest BCUT2D eigenvalue weighted by molar-refractivity contribution is 7.99. The van der Waals surface area contributed by atoms with Crippen molar-refractivity contribution in [3.8, 4) is 23.2 Å². The number of aliphatic hydroxyl groups is 1. The van der Waals surface area contributed by atoms with Gasteiger partial charge in [-0.05, 0) is 24.3 Å². The molecule has 0 unspecified atom stereocenters. The summed E-state index contributed by atoms with van der Waals surface area (Å²) in [4.78, 5) is 0. The number of ether oxygens (including phenoxy) is 1. The first-order chi connectivity index (χ1) is 12.7. The second-order valence-electron chi connectivity index (χ2n) is 5.64. The highest BCUT2D eigenvalue weighted by Crippen LogP contribution is 2.23. The second kappa shape index (κ2) is 8.52. The summed E-state index contributed by atoms with van der Waals surface area (Å²) in [5.41, 5.74) is 1.57. The van der Waals surface area contributed by atoms with Gasteiger partial charge in [-0.25, -0.2) is 0 Å². The summed E-state index contributed by atoms with van der Waals surface area (Å²) in [5.74, 6) is 1.85. The van der Waals surface area contributed by atoms with Gasteiger partial charge in [0, 0.05) is 18.4 Å². The fraction of sp³-hybridized carbons (Fsp3) is 0.211. The fourth-order valence-corrected chi connectivity index (χ4v) is 3.13. The summed E-state index contributed by atoms with van der Waals surface area (Å²) in [7, 11) is 1.91. The van der Waals surface area contributed by atoms with Crippen LogP contribution in [0.5, 0.6) is 5.75 Å². The first-order valence-electron chi connectivity index (χ1n) is 8.06. The van der Waals surface area contributed by atoms with E-state index in [1.807, 2.05) is 41.9 Å². The van der Waals surface area contributed by atoms with Gasteiger partial charge in [0.15, 0.2) is 11.0 Å². The molecule has 1 N–H and O–H groups in total. The van der Waals surface area contributed by atoms with Crippen LogP contribution in [0.3, 0.4) is 0 Å². The van der Waals surface area contributed by atoms with E-state index in [2.05, 4.69) is 16.3 Å². The fourth-order valence-electron chi connectivity index (χ4n) is 2.32. The maximum atomic E-state index is 10.1. The van der Waals surface area contributed by atoms with Gasteiger partial charge < -0.3 is 14.4 Å². The number of aliphatic hydroxyl groups excluding tert-OH is 1. The van der Waals surface area contributed by atoms with Crippen molar-refractivity contribution in [3.63, 3.8) is 0 Å².